The van der Waals surface area contributed by atoms with Crippen LogP contribution in [0.1, 0.15) is 6.92 Å². The minimum Gasteiger partial charge on any atom is -0.120 e. The first-order valence-corrected chi connectivity index (χ1v) is 3.57. The quantitative estimate of drug-likeness (QED) is 0.593. The maximum atomic E-state index is 5.50. The summed E-state index contributed by atoms with van der Waals surface area (Å²) in [6, 6.07) is 0. The molecule has 1 radical (unpaired) electrons. The first-order chi connectivity index (χ1) is 3.48. The lowest BCUT2D eigenvalue weighted by atomic mass is 10.3. The highest BCUT2D eigenvalue weighted by Crippen LogP contribution is 2.30. The molecule has 0 aromatic rings. The van der Waals surface area contributed by atoms with Crippen molar-refractivity contribution in [1.29, 1.82) is 0 Å². The third-order valence-corrected chi connectivity index (χ3v) is 2.23. The average Bonchev–Trinajstić information content (AvgIpc) is 1.62. The van der Waals surface area contributed by atoms with Crippen molar-refractivity contribution in [3.63, 3.8) is 0 Å². The predicted octanol–water partition coefficient (Wildman–Crippen LogP) is 3.19. The Hall–Kier alpha value is 1.16. The van der Waals surface area contributed by atoms with Gasteiger partial charge in [-0.25, -0.2) is 0 Å². The maximum Gasteiger partial charge on any atom is 0.133 e. The van der Waals surface area contributed by atoms with Crippen LogP contribution in [0.3, 0.4) is 0 Å². The van der Waals surface area contributed by atoms with E-state index in [1.807, 2.05) is 0 Å². The number of hydrogen-bond acceptors (Lipinski definition) is 0. The molecule has 0 nitrogen and oxygen atoms in total. The summed E-state index contributed by atoms with van der Waals surface area (Å²) in [7, 11) is 0. The monoisotopic (exact) mass is 193 g/mol. The van der Waals surface area contributed by atoms with Crippen molar-refractivity contribution in [2.45, 2.75) is 16.6 Å². The fourth-order valence-corrected chi connectivity index (χ4v) is 0.618. The number of rotatable bonds is 2. The summed E-state index contributed by atoms with van der Waals surface area (Å²) in [5.41, 5.74) is 0. The number of halogens is 4. The molecule has 0 N–H and O–H groups in total. The van der Waals surface area contributed by atoms with E-state index in [9.17, 15) is 0 Å². The molecule has 8 heavy (non-hydrogen) atoms. The van der Waals surface area contributed by atoms with Crippen molar-refractivity contribution >= 4 is 46.4 Å². The molecule has 49 valence electrons. The SMILES string of the molecule is CC(Cl)(Cl)C(Cl)[CH]Cl. The smallest absolute Gasteiger partial charge is 0.120 e. The lowest BCUT2D eigenvalue weighted by Crippen LogP contribution is -2.20. The zero-order valence-corrected chi connectivity index (χ0v) is 7.19. The van der Waals surface area contributed by atoms with Gasteiger partial charge >= 0.3 is 0 Å². The normalized spacial score (nSPS) is 16.1. The zero-order chi connectivity index (χ0) is 6.78. The van der Waals surface area contributed by atoms with Crippen molar-refractivity contribution in [2.75, 3.05) is 0 Å². The molecule has 0 saturated heterocycles. The molecule has 1 unspecified atom stereocenters. The molecule has 1 atom stereocenters. The van der Waals surface area contributed by atoms with Crippen LogP contribution in [0.25, 0.3) is 0 Å². The molecule has 0 aromatic carbocycles. The van der Waals surface area contributed by atoms with Gasteiger partial charge in [0, 0.05) is 0 Å². The molecule has 0 aliphatic heterocycles. The van der Waals surface area contributed by atoms with Crippen LogP contribution in [-0.4, -0.2) is 9.71 Å². The Labute approximate surface area is 69.0 Å². The third-order valence-electron chi connectivity index (χ3n) is 0.595. The van der Waals surface area contributed by atoms with Gasteiger partial charge in [-0.15, -0.1) is 46.4 Å². The average molecular weight is 195 g/mol. The standard InChI is InChI=1S/C4H5Cl4/c1-4(7,8)3(6)2-5/h2-3H,1H3. The molecule has 0 fully saturated rings. The van der Waals surface area contributed by atoms with Gasteiger partial charge in [-0.1, -0.05) is 0 Å². The van der Waals surface area contributed by atoms with E-state index in [-0.39, 0.29) is 0 Å². The first-order valence-electron chi connectivity index (χ1n) is 1.94. The van der Waals surface area contributed by atoms with Gasteiger partial charge in [0.2, 0.25) is 0 Å². The van der Waals surface area contributed by atoms with Crippen LogP contribution >= 0.6 is 46.4 Å². The van der Waals surface area contributed by atoms with E-state index in [0.717, 1.165) is 0 Å². The molecule has 0 bridgehead atoms. The van der Waals surface area contributed by atoms with Crippen LogP contribution in [0.2, 0.25) is 0 Å². The van der Waals surface area contributed by atoms with Crippen LogP contribution in [0.4, 0.5) is 0 Å². The van der Waals surface area contributed by atoms with Gasteiger partial charge in [0.1, 0.15) is 4.33 Å². The summed E-state index contributed by atoms with van der Waals surface area (Å²) in [6.07, 6.45) is 0. The maximum absolute atomic E-state index is 5.50. The summed E-state index contributed by atoms with van der Waals surface area (Å²) < 4.78 is -0.969. The van der Waals surface area contributed by atoms with E-state index in [4.69, 9.17) is 46.4 Å². The molecule has 0 spiro atoms. The Morgan fingerprint density at radius 2 is 1.88 bits per heavy atom. The summed E-state index contributed by atoms with van der Waals surface area (Å²) in [4.78, 5) is 0. The van der Waals surface area contributed by atoms with Gasteiger partial charge in [-0.05, 0) is 6.92 Å². The summed E-state index contributed by atoms with van der Waals surface area (Å²) in [5.74, 6) is 1.22. The third kappa shape index (κ3) is 3.24. The molecular weight excluding hydrogens is 190 g/mol. The number of hydrogen-bond donors (Lipinski definition) is 0. The fraction of sp³-hybridized carbons (Fsp3) is 0.750. The predicted molar refractivity (Wildman–Crippen MR) is 39.9 cm³/mol. The molecule has 4 heteroatoms. The van der Waals surface area contributed by atoms with Gasteiger partial charge in [0.05, 0.1) is 11.3 Å². The largest absolute Gasteiger partial charge is 0.133 e. The molecule has 0 rings (SSSR count). The Morgan fingerprint density at radius 3 is 1.88 bits per heavy atom. The molecule has 0 aliphatic rings. The van der Waals surface area contributed by atoms with Gasteiger partial charge in [-0.3, -0.25) is 0 Å². The summed E-state index contributed by atoms with van der Waals surface area (Å²) in [5, 5.41) is -0.507. The number of alkyl halides is 3. The van der Waals surface area contributed by atoms with E-state index in [1.165, 1.54) is 5.88 Å². The lowest BCUT2D eigenvalue weighted by molar-refractivity contribution is 0.877. The van der Waals surface area contributed by atoms with Gasteiger partial charge in [0.15, 0.2) is 0 Å². The second kappa shape index (κ2) is 3.36. The Kier molecular flexibility index (Phi) is 3.85. The van der Waals surface area contributed by atoms with Crippen LogP contribution in [0.5, 0.6) is 0 Å². The fourth-order valence-electron chi connectivity index (χ4n) is 0.111. The van der Waals surface area contributed by atoms with Gasteiger partial charge in [-0.2, -0.15) is 0 Å². The van der Waals surface area contributed by atoms with Crippen LogP contribution in [0.15, 0.2) is 0 Å². The molecule has 0 aromatic heterocycles. The minimum atomic E-state index is -0.969. The van der Waals surface area contributed by atoms with E-state index in [0.29, 0.717) is 0 Å². The Balaban J connectivity index is 3.62. The zero-order valence-electron chi connectivity index (χ0n) is 4.17. The second-order valence-corrected chi connectivity index (χ2v) is 3.97. The minimum absolute atomic E-state index is 0.507. The van der Waals surface area contributed by atoms with Crippen LogP contribution < -0.4 is 0 Å². The molecule has 0 saturated carbocycles. The van der Waals surface area contributed by atoms with Crippen molar-refractivity contribution in [3.8, 4) is 0 Å². The van der Waals surface area contributed by atoms with Crippen LogP contribution in [-0.2, 0) is 0 Å². The highest BCUT2D eigenvalue weighted by molar-refractivity contribution is 6.53. The summed E-state index contributed by atoms with van der Waals surface area (Å²) in [6.45, 7) is 1.58. The van der Waals surface area contributed by atoms with Crippen molar-refractivity contribution in [1.82, 2.24) is 0 Å². The molecular formula is C4H5Cl4. The van der Waals surface area contributed by atoms with Crippen molar-refractivity contribution < 1.29 is 0 Å². The summed E-state index contributed by atoms with van der Waals surface area (Å²) >= 11 is 21.7. The van der Waals surface area contributed by atoms with E-state index in [2.05, 4.69) is 0 Å². The van der Waals surface area contributed by atoms with E-state index < -0.39 is 9.71 Å². The first kappa shape index (κ1) is 9.16. The van der Waals surface area contributed by atoms with E-state index in [1.54, 1.807) is 6.92 Å². The van der Waals surface area contributed by atoms with Gasteiger partial charge < -0.3 is 0 Å². The highest BCUT2D eigenvalue weighted by atomic mass is 35.5. The van der Waals surface area contributed by atoms with Crippen molar-refractivity contribution in [3.05, 3.63) is 5.88 Å². The Bertz CT molecular complexity index is 64.9. The van der Waals surface area contributed by atoms with Crippen molar-refractivity contribution in [2.24, 2.45) is 0 Å². The Morgan fingerprint density at radius 1 is 1.50 bits per heavy atom. The molecule has 0 aliphatic carbocycles. The topological polar surface area (TPSA) is 0 Å². The van der Waals surface area contributed by atoms with E-state index >= 15 is 0 Å². The van der Waals surface area contributed by atoms with Crippen LogP contribution in [0, 0.1) is 5.88 Å². The highest BCUT2D eigenvalue weighted by Gasteiger charge is 2.26. The van der Waals surface area contributed by atoms with Gasteiger partial charge in [0.25, 0.3) is 0 Å². The molecule has 0 amide bonds. The second-order valence-electron chi connectivity index (χ2n) is 1.48. The molecule has 0 heterocycles. The lowest BCUT2D eigenvalue weighted by Gasteiger charge is -2.16.